The van der Waals surface area contributed by atoms with E-state index in [1.165, 1.54) is 16.2 Å². The van der Waals surface area contributed by atoms with E-state index in [4.69, 9.17) is 5.73 Å². The third kappa shape index (κ3) is 2.81. The molecule has 2 aromatic rings. The number of hydrogen-bond acceptors (Lipinski definition) is 3. The van der Waals surface area contributed by atoms with Gasteiger partial charge in [-0.1, -0.05) is 0 Å². The molecule has 0 unspecified atom stereocenters. The lowest BCUT2D eigenvalue weighted by Crippen LogP contribution is -2.18. The lowest BCUT2D eigenvalue weighted by molar-refractivity contribution is 0.578. The zero-order valence-corrected chi connectivity index (χ0v) is 12.0. The van der Waals surface area contributed by atoms with Crippen molar-refractivity contribution < 1.29 is 8.78 Å². The predicted molar refractivity (Wildman–Crippen MR) is 74.9 cm³/mol. The van der Waals surface area contributed by atoms with E-state index in [0.717, 1.165) is 21.5 Å². The van der Waals surface area contributed by atoms with Crippen LogP contribution in [-0.4, -0.2) is 7.05 Å². The molecule has 0 bridgehead atoms. The summed E-state index contributed by atoms with van der Waals surface area (Å²) in [6.07, 6.45) is 0. The molecule has 1 aromatic carbocycles. The third-order valence-electron chi connectivity index (χ3n) is 2.44. The summed E-state index contributed by atoms with van der Waals surface area (Å²) in [4.78, 5) is 2.54. The van der Waals surface area contributed by atoms with Crippen LogP contribution in [-0.2, 0) is 6.54 Å². The van der Waals surface area contributed by atoms with Crippen LogP contribution >= 0.6 is 27.3 Å². The maximum atomic E-state index is 13.7. The van der Waals surface area contributed by atoms with Gasteiger partial charge in [-0.05, 0) is 34.1 Å². The van der Waals surface area contributed by atoms with Crippen molar-refractivity contribution in [3.63, 3.8) is 0 Å². The number of benzene rings is 1. The van der Waals surface area contributed by atoms with Crippen LogP contribution in [0.15, 0.2) is 28.1 Å². The highest BCUT2D eigenvalue weighted by Gasteiger charge is 2.15. The van der Waals surface area contributed by atoms with E-state index >= 15 is 0 Å². The Morgan fingerprint density at radius 2 is 1.89 bits per heavy atom. The van der Waals surface area contributed by atoms with Gasteiger partial charge in [0.2, 0.25) is 0 Å². The van der Waals surface area contributed by atoms with Crippen LogP contribution < -0.4 is 10.6 Å². The van der Waals surface area contributed by atoms with Crippen molar-refractivity contribution in [1.82, 2.24) is 0 Å². The minimum atomic E-state index is -0.648. The van der Waals surface area contributed by atoms with E-state index < -0.39 is 11.6 Å². The average molecular weight is 333 g/mol. The largest absolute Gasteiger partial charge is 0.399 e. The smallest absolute Gasteiger partial charge is 0.151 e. The minimum absolute atomic E-state index is 0.0614. The Morgan fingerprint density at radius 1 is 1.28 bits per heavy atom. The molecule has 0 aliphatic heterocycles. The Hall–Kier alpha value is -1.14. The summed E-state index contributed by atoms with van der Waals surface area (Å²) in [6.45, 7) is 0.439. The van der Waals surface area contributed by atoms with Crippen LogP contribution in [0.5, 0.6) is 0 Å². The van der Waals surface area contributed by atoms with Gasteiger partial charge in [-0.2, -0.15) is 0 Å². The SMILES string of the molecule is CN(Cc1cc(Br)cs1)c1c(F)cc(N)cc1F. The van der Waals surface area contributed by atoms with Gasteiger partial charge in [0.1, 0.15) is 5.69 Å². The first-order valence-electron chi connectivity index (χ1n) is 5.16. The van der Waals surface area contributed by atoms with Crippen LogP contribution in [0.3, 0.4) is 0 Å². The van der Waals surface area contributed by atoms with Gasteiger partial charge in [0.05, 0.1) is 6.54 Å². The Kier molecular flexibility index (Phi) is 3.87. The molecule has 2 nitrogen and oxygen atoms in total. The second-order valence-corrected chi connectivity index (χ2v) is 5.83. The lowest BCUT2D eigenvalue weighted by atomic mass is 10.2. The molecule has 6 heteroatoms. The highest BCUT2D eigenvalue weighted by molar-refractivity contribution is 9.10. The van der Waals surface area contributed by atoms with Gasteiger partial charge in [0.25, 0.3) is 0 Å². The fourth-order valence-corrected chi connectivity index (χ4v) is 3.20. The maximum Gasteiger partial charge on any atom is 0.151 e. The molecular formula is C12H11BrF2N2S. The van der Waals surface area contributed by atoms with Gasteiger partial charge in [0.15, 0.2) is 11.6 Å². The molecule has 0 spiro atoms. The highest BCUT2D eigenvalue weighted by Crippen LogP contribution is 2.28. The Labute approximate surface area is 116 Å². The zero-order valence-electron chi connectivity index (χ0n) is 9.58. The van der Waals surface area contributed by atoms with Crippen molar-refractivity contribution in [3.8, 4) is 0 Å². The number of rotatable bonds is 3. The fourth-order valence-electron chi connectivity index (χ4n) is 1.70. The van der Waals surface area contributed by atoms with E-state index in [9.17, 15) is 8.78 Å². The summed E-state index contributed by atoms with van der Waals surface area (Å²) in [5.41, 5.74) is 5.40. The van der Waals surface area contributed by atoms with Crippen molar-refractivity contribution in [3.05, 3.63) is 44.6 Å². The van der Waals surface area contributed by atoms with Crippen molar-refractivity contribution in [2.24, 2.45) is 0 Å². The first-order chi connectivity index (χ1) is 8.47. The number of anilines is 2. The number of hydrogen-bond donors (Lipinski definition) is 1. The summed E-state index contributed by atoms with van der Waals surface area (Å²) < 4.78 is 28.4. The molecule has 96 valence electrons. The van der Waals surface area contributed by atoms with Crippen LogP contribution in [0.4, 0.5) is 20.2 Å². The fraction of sp³-hybridized carbons (Fsp3) is 0.167. The Bertz CT molecular complexity index is 548. The number of nitrogens with zero attached hydrogens (tertiary/aromatic N) is 1. The summed E-state index contributed by atoms with van der Waals surface area (Å²) in [5, 5.41) is 1.93. The van der Waals surface area contributed by atoms with Crippen LogP contribution in [0, 0.1) is 11.6 Å². The van der Waals surface area contributed by atoms with E-state index in [1.54, 1.807) is 7.05 Å². The summed E-state index contributed by atoms with van der Waals surface area (Å²) in [6, 6.07) is 4.17. The molecule has 0 aliphatic rings. The number of halogens is 3. The molecule has 18 heavy (non-hydrogen) atoms. The van der Waals surface area contributed by atoms with E-state index in [-0.39, 0.29) is 11.4 Å². The van der Waals surface area contributed by atoms with Crippen molar-refractivity contribution in [1.29, 1.82) is 0 Å². The number of nitrogens with two attached hydrogens (primary N) is 1. The molecule has 0 saturated heterocycles. The second kappa shape index (κ2) is 5.24. The molecule has 2 rings (SSSR count). The molecule has 0 amide bonds. The number of nitrogen functional groups attached to an aromatic ring is 1. The van der Waals surface area contributed by atoms with Crippen molar-refractivity contribution in [2.45, 2.75) is 6.54 Å². The third-order valence-corrected chi connectivity index (χ3v) is 4.12. The predicted octanol–water partition coefficient (Wildman–Crippen LogP) is 4.01. The van der Waals surface area contributed by atoms with Gasteiger partial charge in [-0.3, -0.25) is 0 Å². The highest BCUT2D eigenvalue weighted by atomic mass is 79.9. The average Bonchev–Trinajstić information content (AvgIpc) is 2.62. The molecule has 0 saturated carbocycles. The molecule has 1 heterocycles. The molecule has 2 N–H and O–H groups in total. The van der Waals surface area contributed by atoms with Crippen LogP contribution in [0.1, 0.15) is 4.88 Å². The normalized spacial score (nSPS) is 10.7. The van der Waals surface area contributed by atoms with Gasteiger partial charge >= 0.3 is 0 Å². The summed E-state index contributed by atoms with van der Waals surface area (Å²) in [5.74, 6) is -1.30. The van der Waals surface area contributed by atoms with Gasteiger partial charge in [-0.25, -0.2) is 8.78 Å². The lowest BCUT2D eigenvalue weighted by Gasteiger charge is -2.20. The van der Waals surface area contributed by atoms with Gasteiger partial charge < -0.3 is 10.6 Å². The Morgan fingerprint density at radius 3 is 2.39 bits per heavy atom. The topological polar surface area (TPSA) is 29.3 Å². The molecule has 0 radical (unpaired) electrons. The molecule has 0 aliphatic carbocycles. The van der Waals surface area contributed by atoms with E-state index in [0.29, 0.717) is 6.54 Å². The molecule has 1 aromatic heterocycles. The standard InChI is InChI=1S/C12H11BrF2N2S/c1-17(5-9-2-7(13)6-18-9)12-10(14)3-8(16)4-11(12)15/h2-4,6H,5,16H2,1H3. The summed E-state index contributed by atoms with van der Waals surface area (Å²) >= 11 is 4.87. The minimum Gasteiger partial charge on any atom is -0.399 e. The quantitative estimate of drug-likeness (QED) is 0.860. The van der Waals surface area contributed by atoms with Crippen molar-refractivity contribution in [2.75, 3.05) is 17.7 Å². The summed E-state index contributed by atoms with van der Waals surface area (Å²) in [7, 11) is 1.64. The molecule has 0 fully saturated rings. The Balaban J connectivity index is 2.26. The first kappa shape index (κ1) is 13.3. The second-order valence-electron chi connectivity index (χ2n) is 3.92. The maximum absolute atomic E-state index is 13.7. The van der Waals surface area contributed by atoms with E-state index in [2.05, 4.69) is 15.9 Å². The zero-order chi connectivity index (χ0) is 13.3. The van der Waals surface area contributed by atoms with Crippen LogP contribution in [0.25, 0.3) is 0 Å². The van der Waals surface area contributed by atoms with Gasteiger partial charge in [-0.15, -0.1) is 11.3 Å². The molecular weight excluding hydrogens is 322 g/mol. The number of thiophene rings is 1. The first-order valence-corrected chi connectivity index (χ1v) is 6.83. The van der Waals surface area contributed by atoms with Crippen LogP contribution in [0.2, 0.25) is 0 Å². The molecule has 0 atom stereocenters. The van der Waals surface area contributed by atoms with Gasteiger partial charge in [0, 0.05) is 27.5 Å². The van der Waals surface area contributed by atoms with Crippen molar-refractivity contribution >= 4 is 38.6 Å². The van der Waals surface area contributed by atoms with E-state index in [1.807, 2.05) is 11.4 Å². The monoisotopic (exact) mass is 332 g/mol.